The van der Waals surface area contributed by atoms with Gasteiger partial charge in [-0.3, -0.25) is 0 Å². The fourth-order valence-electron chi connectivity index (χ4n) is 0.207. The average Bonchev–Trinajstić information content (AvgIpc) is 1.87. The van der Waals surface area contributed by atoms with Gasteiger partial charge in [-0.15, -0.1) is 4.39 Å². The fraction of sp³-hybridized carbons (Fsp3) is 0. The van der Waals surface area contributed by atoms with Crippen LogP contribution in [0, 0.1) is 12.3 Å². The predicted octanol–water partition coefficient (Wildman–Crippen LogP) is 1.38. The lowest BCUT2D eigenvalue weighted by Gasteiger charge is -1.67. The molecule has 0 atom stereocenters. The number of halogens is 2. The Balaban J connectivity index is 3.04. The van der Waals surface area contributed by atoms with E-state index in [1.807, 2.05) is 0 Å². The number of rotatable bonds is 0. The lowest BCUT2D eigenvalue weighted by molar-refractivity contribution is 0.325. The van der Waals surface area contributed by atoms with Crippen LogP contribution in [0.3, 0.4) is 0 Å². The van der Waals surface area contributed by atoms with Crippen molar-refractivity contribution in [1.29, 1.82) is 0 Å². The number of nitrogens with zero attached hydrogens (tertiary/aromatic N) is 1. The van der Waals surface area contributed by atoms with Crippen molar-refractivity contribution >= 4 is 15.9 Å². The molecule has 4 heteroatoms. The van der Waals surface area contributed by atoms with Crippen LogP contribution in [0.2, 0.25) is 0 Å². The first-order valence-electron chi connectivity index (χ1n) is 1.48. The zero-order valence-corrected chi connectivity index (χ0v) is 4.70. The summed E-state index contributed by atoms with van der Waals surface area (Å²) in [6.07, 6.45) is 1.32. The van der Waals surface area contributed by atoms with E-state index >= 15 is 0 Å². The normalized spacial score (nSPS) is 9.43. The SMILES string of the molecule is Fc1n[c]c(Br)o1. The molecule has 0 N–H and O–H groups in total. The summed E-state index contributed by atoms with van der Waals surface area (Å²) in [6, 6.07) is 0. The monoisotopic (exact) mass is 164 g/mol. The molecule has 0 aliphatic heterocycles. The van der Waals surface area contributed by atoms with Gasteiger partial charge in [-0.2, -0.15) is 4.98 Å². The molecular weight excluding hydrogens is 165 g/mol. The van der Waals surface area contributed by atoms with Crippen molar-refractivity contribution in [1.82, 2.24) is 4.98 Å². The Hall–Kier alpha value is -0.380. The standard InChI is InChI=1S/C3BrFNO/c4-2-1-6-3(5)7-2. The quantitative estimate of drug-likeness (QED) is 0.580. The van der Waals surface area contributed by atoms with Gasteiger partial charge in [-0.1, -0.05) is 0 Å². The maximum absolute atomic E-state index is 11.6. The molecule has 0 aliphatic carbocycles. The van der Waals surface area contributed by atoms with Crippen molar-refractivity contribution in [2.75, 3.05) is 0 Å². The first-order valence-corrected chi connectivity index (χ1v) is 2.28. The third-order valence-electron chi connectivity index (χ3n) is 0.406. The largest absolute Gasteiger partial charge is 0.407 e. The van der Waals surface area contributed by atoms with Crippen molar-refractivity contribution in [3.8, 4) is 0 Å². The van der Waals surface area contributed by atoms with E-state index in [0.29, 0.717) is 0 Å². The Labute approximate surface area is 47.5 Å². The minimum absolute atomic E-state index is 0.185. The second-order valence-corrected chi connectivity index (χ2v) is 1.57. The number of aromatic nitrogens is 1. The van der Waals surface area contributed by atoms with Gasteiger partial charge in [0.25, 0.3) is 0 Å². The van der Waals surface area contributed by atoms with Gasteiger partial charge in [-0.05, 0) is 15.9 Å². The zero-order valence-electron chi connectivity index (χ0n) is 3.11. The topological polar surface area (TPSA) is 26.0 Å². The maximum Gasteiger partial charge on any atom is 0.383 e. The summed E-state index contributed by atoms with van der Waals surface area (Å²) in [5.41, 5.74) is 0. The third kappa shape index (κ3) is 0.991. The summed E-state index contributed by atoms with van der Waals surface area (Å²) >= 11 is 2.81. The van der Waals surface area contributed by atoms with Gasteiger partial charge in [0.15, 0.2) is 0 Å². The number of hydrogen-bond acceptors (Lipinski definition) is 2. The smallest absolute Gasteiger partial charge is 0.383 e. The Morgan fingerprint density at radius 2 is 2.57 bits per heavy atom. The van der Waals surface area contributed by atoms with E-state index in [2.05, 4.69) is 31.5 Å². The van der Waals surface area contributed by atoms with Gasteiger partial charge >= 0.3 is 6.14 Å². The highest BCUT2D eigenvalue weighted by Gasteiger charge is 1.95. The second kappa shape index (κ2) is 1.61. The molecule has 1 rings (SSSR count). The summed E-state index contributed by atoms with van der Waals surface area (Å²) in [6.45, 7) is 0. The third-order valence-corrected chi connectivity index (χ3v) is 0.745. The lowest BCUT2D eigenvalue weighted by atomic mass is 11.0. The molecule has 0 fully saturated rings. The highest BCUT2D eigenvalue weighted by molar-refractivity contribution is 9.10. The summed E-state index contributed by atoms with van der Waals surface area (Å²) in [5.74, 6) is 0. The Bertz CT molecular complexity index is 147. The highest BCUT2D eigenvalue weighted by atomic mass is 79.9. The van der Waals surface area contributed by atoms with Crippen molar-refractivity contribution in [3.63, 3.8) is 0 Å². The van der Waals surface area contributed by atoms with Crippen LogP contribution in [-0.4, -0.2) is 4.98 Å². The van der Waals surface area contributed by atoms with E-state index in [1.54, 1.807) is 0 Å². The molecule has 1 aromatic rings. The zero-order chi connectivity index (χ0) is 5.28. The van der Waals surface area contributed by atoms with E-state index in [4.69, 9.17) is 0 Å². The first-order chi connectivity index (χ1) is 3.29. The molecule has 0 saturated carbocycles. The molecule has 0 aliphatic rings. The molecule has 0 bridgehead atoms. The predicted molar refractivity (Wildman–Crippen MR) is 23.0 cm³/mol. The second-order valence-electron chi connectivity index (χ2n) is 0.852. The number of oxazole rings is 1. The summed E-state index contributed by atoms with van der Waals surface area (Å²) in [4.78, 5) is 3.01. The Morgan fingerprint density at radius 1 is 1.86 bits per heavy atom. The van der Waals surface area contributed by atoms with Gasteiger partial charge in [0, 0.05) is 0 Å². The molecule has 1 aromatic heterocycles. The summed E-state index contributed by atoms with van der Waals surface area (Å²) in [5, 5.41) is 0. The number of hydrogen-bond donors (Lipinski definition) is 0. The van der Waals surface area contributed by atoms with E-state index in [0.717, 1.165) is 0 Å². The van der Waals surface area contributed by atoms with E-state index in [1.165, 1.54) is 0 Å². The lowest BCUT2D eigenvalue weighted by Crippen LogP contribution is -1.61. The van der Waals surface area contributed by atoms with Crippen molar-refractivity contribution in [3.05, 3.63) is 17.0 Å². The van der Waals surface area contributed by atoms with Gasteiger partial charge in [-0.25, -0.2) is 0 Å². The van der Waals surface area contributed by atoms with Crippen LogP contribution < -0.4 is 0 Å². The van der Waals surface area contributed by atoms with Crippen LogP contribution in [0.1, 0.15) is 0 Å². The van der Waals surface area contributed by atoms with Crippen LogP contribution in [-0.2, 0) is 0 Å². The molecule has 0 unspecified atom stereocenters. The molecule has 1 radical (unpaired) electrons. The van der Waals surface area contributed by atoms with Gasteiger partial charge in [0.2, 0.25) is 4.67 Å². The molecule has 0 aromatic carbocycles. The van der Waals surface area contributed by atoms with Crippen molar-refractivity contribution < 1.29 is 8.81 Å². The van der Waals surface area contributed by atoms with Gasteiger partial charge in [0.1, 0.15) is 6.20 Å². The Morgan fingerprint density at radius 3 is 2.71 bits per heavy atom. The van der Waals surface area contributed by atoms with Crippen LogP contribution in [0.15, 0.2) is 9.09 Å². The van der Waals surface area contributed by atoms with E-state index in [9.17, 15) is 4.39 Å². The first kappa shape index (κ1) is 4.77. The van der Waals surface area contributed by atoms with E-state index in [-0.39, 0.29) is 4.67 Å². The van der Waals surface area contributed by atoms with Crippen LogP contribution >= 0.6 is 15.9 Å². The van der Waals surface area contributed by atoms with Crippen LogP contribution in [0.25, 0.3) is 0 Å². The average molecular weight is 165 g/mol. The fourth-order valence-corrected chi connectivity index (χ4v) is 0.430. The van der Waals surface area contributed by atoms with Gasteiger partial charge < -0.3 is 4.42 Å². The molecule has 37 valence electrons. The van der Waals surface area contributed by atoms with Crippen LogP contribution in [0.5, 0.6) is 0 Å². The molecular formula is C3BrFNO. The van der Waals surface area contributed by atoms with E-state index < -0.39 is 6.14 Å². The van der Waals surface area contributed by atoms with Crippen LogP contribution in [0.4, 0.5) is 4.39 Å². The minimum Gasteiger partial charge on any atom is -0.407 e. The molecule has 1 heterocycles. The molecule has 2 nitrogen and oxygen atoms in total. The molecule has 0 spiro atoms. The highest BCUT2D eigenvalue weighted by Crippen LogP contribution is 2.07. The molecule has 7 heavy (non-hydrogen) atoms. The van der Waals surface area contributed by atoms with Crippen molar-refractivity contribution in [2.24, 2.45) is 0 Å². The summed E-state index contributed by atoms with van der Waals surface area (Å²) < 4.78 is 15.9. The maximum atomic E-state index is 11.6. The Kier molecular flexibility index (Phi) is 1.10. The van der Waals surface area contributed by atoms with Crippen molar-refractivity contribution in [2.45, 2.75) is 0 Å². The molecule has 0 amide bonds. The summed E-state index contributed by atoms with van der Waals surface area (Å²) in [7, 11) is 0. The van der Waals surface area contributed by atoms with Gasteiger partial charge in [0.05, 0.1) is 0 Å². The minimum atomic E-state index is -0.869. The molecule has 0 saturated heterocycles.